The van der Waals surface area contributed by atoms with Gasteiger partial charge in [-0.3, -0.25) is 9.89 Å². The fraction of sp³-hybridized carbons (Fsp3) is 0.348. The number of carbonyl (C=O) groups is 1. The van der Waals surface area contributed by atoms with Crippen molar-refractivity contribution in [2.24, 2.45) is 5.92 Å². The maximum atomic E-state index is 13.2. The van der Waals surface area contributed by atoms with E-state index in [4.69, 9.17) is 5.73 Å². The Balaban J connectivity index is 1.60. The van der Waals surface area contributed by atoms with Gasteiger partial charge in [0.25, 0.3) is 5.91 Å². The molecule has 4 N–H and O–H groups in total. The Bertz CT molecular complexity index is 1190. The van der Waals surface area contributed by atoms with Crippen LogP contribution in [0.3, 0.4) is 0 Å². The van der Waals surface area contributed by atoms with E-state index >= 15 is 0 Å². The van der Waals surface area contributed by atoms with E-state index in [2.05, 4.69) is 32.2 Å². The average molecular weight is 474 g/mol. The minimum absolute atomic E-state index is 0.316. The monoisotopic (exact) mass is 474 g/mol. The lowest BCUT2D eigenvalue weighted by atomic mass is 10.0. The number of halogens is 3. The molecule has 4 rings (SSSR count). The Morgan fingerprint density at radius 3 is 2.53 bits per heavy atom. The van der Waals surface area contributed by atoms with E-state index in [-0.39, 0.29) is 5.75 Å². The molecule has 2 aromatic carbocycles. The number of nitrogens with two attached hydrogens (primary N) is 1. The smallest absolute Gasteiger partial charge is 0.406 e. The molecule has 1 aliphatic carbocycles. The zero-order chi connectivity index (χ0) is 24.6. The number of ether oxygens (including phenoxy) is 1. The first-order valence-corrected chi connectivity index (χ1v) is 10.7. The fourth-order valence-corrected chi connectivity index (χ4v) is 3.89. The van der Waals surface area contributed by atoms with Gasteiger partial charge >= 0.3 is 6.36 Å². The van der Waals surface area contributed by atoms with Gasteiger partial charge in [0.2, 0.25) is 0 Å². The number of alkyl halides is 3. The number of amides is 1. The molecule has 1 amide bonds. The van der Waals surface area contributed by atoms with Gasteiger partial charge in [0.15, 0.2) is 5.82 Å². The molecular weight excluding hydrogens is 449 g/mol. The molecule has 34 heavy (non-hydrogen) atoms. The molecule has 0 bridgehead atoms. The van der Waals surface area contributed by atoms with Crippen LogP contribution in [0.4, 0.5) is 30.2 Å². The van der Waals surface area contributed by atoms with Gasteiger partial charge in [-0.2, -0.15) is 5.10 Å². The lowest BCUT2D eigenvalue weighted by Gasteiger charge is -2.23. The first kappa shape index (κ1) is 23.4. The van der Waals surface area contributed by atoms with Crippen molar-refractivity contribution >= 4 is 23.0 Å². The molecule has 1 aliphatic rings. The molecule has 0 aliphatic heterocycles. The summed E-state index contributed by atoms with van der Waals surface area (Å²) in [6.45, 7) is 4.31. The molecular formula is C23H25F3N6O2. The van der Waals surface area contributed by atoms with Crippen molar-refractivity contribution in [1.82, 2.24) is 15.2 Å². The number of aromatic amines is 1. The summed E-state index contributed by atoms with van der Waals surface area (Å²) in [5, 5.41) is 9.68. The highest BCUT2D eigenvalue weighted by atomic mass is 19.4. The van der Waals surface area contributed by atoms with Gasteiger partial charge in [0, 0.05) is 18.4 Å². The van der Waals surface area contributed by atoms with Crippen LogP contribution in [0.5, 0.6) is 5.75 Å². The quantitative estimate of drug-likeness (QED) is 0.432. The molecule has 180 valence electrons. The molecule has 0 radical (unpaired) electrons. The van der Waals surface area contributed by atoms with E-state index in [1.165, 1.54) is 12.1 Å². The van der Waals surface area contributed by atoms with E-state index in [9.17, 15) is 18.0 Å². The maximum Gasteiger partial charge on any atom is 0.573 e. The largest absolute Gasteiger partial charge is 0.573 e. The first-order valence-electron chi connectivity index (χ1n) is 10.7. The minimum Gasteiger partial charge on any atom is -0.406 e. The highest BCUT2D eigenvalue weighted by Crippen LogP contribution is 2.50. The molecule has 0 saturated heterocycles. The third kappa shape index (κ3) is 5.41. The minimum atomic E-state index is -4.79. The van der Waals surface area contributed by atoms with Crippen LogP contribution in [0.15, 0.2) is 36.4 Å². The standard InChI is InChI=1S/C23H25F3N6O2/c1-12-8-16(12)17-10-20(32(3)11-21-28-13(2)30-31-21)18(9-19(17)27)22(33)29-14-4-6-15(7-5-14)34-23(24,25)26/h4-7,9-10,12,16H,8,11,27H2,1-3H3,(H,29,33)(H,28,30,31). The van der Waals surface area contributed by atoms with Crippen molar-refractivity contribution in [2.75, 3.05) is 23.0 Å². The molecule has 11 heteroatoms. The summed E-state index contributed by atoms with van der Waals surface area (Å²) in [5.41, 5.74) is 9.13. The number of aromatic nitrogens is 3. The molecule has 8 nitrogen and oxygen atoms in total. The summed E-state index contributed by atoms with van der Waals surface area (Å²) >= 11 is 0. The second-order valence-corrected chi connectivity index (χ2v) is 8.54. The lowest BCUT2D eigenvalue weighted by Crippen LogP contribution is -2.23. The summed E-state index contributed by atoms with van der Waals surface area (Å²) in [5.74, 6) is 1.30. The van der Waals surface area contributed by atoms with Gasteiger partial charge in [-0.15, -0.1) is 13.2 Å². The number of hydrogen-bond acceptors (Lipinski definition) is 6. The molecule has 1 heterocycles. The third-order valence-corrected chi connectivity index (χ3v) is 5.73. The average Bonchev–Trinajstić information content (AvgIpc) is 3.33. The van der Waals surface area contributed by atoms with Crippen molar-refractivity contribution in [2.45, 2.75) is 39.1 Å². The third-order valence-electron chi connectivity index (χ3n) is 5.73. The molecule has 2 unspecified atom stereocenters. The van der Waals surface area contributed by atoms with Crippen LogP contribution in [0.2, 0.25) is 0 Å². The van der Waals surface area contributed by atoms with Crippen molar-refractivity contribution in [3.8, 4) is 5.75 Å². The molecule has 0 spiro atoms. The molecule has 1 aromatic heterocycles. The van der Waals surface area contributed by atoms with Gasteiger partial charge in [-0.05, 0) is 67.1 Å². The van der Waals surface area contributed by atoms with Crippen LogP contribution in [-0.2, 0) is 6.54 Å². The number of hydrogen-bond donors (Lipinski definition) is 3. The number of carbonyl (C=O) groups excluding carboxylic acids is 1. The highest BCUT2D eigenvalue weighted by Gasteiger charge is 2.36. The maximum absolute atomic E-state index is 13.2. The van der Waals surface area contributed by atoms with Crippen LogP contribution < -0.4 is 20.7 Å². The van der Waals surface area contributed by atoms with E-state index in [1.807, 2.05) is 18.0 Å². The topological polar surface area (TPSA) is 109 Å². The number of benzene rings is 2. The SMILES string of the molecule is Cc1nc(CN(C)c2cc(C3CC3C)c(N)cc2C(=O)Nc2ccc(OC(F)(F)F)cc2)n[nH]1. The normalized spacial score (nSPS) is 17.4. The predicted molar refractivity (Wildman–Crippen MR) is 122 cm³/mol. The summed E-state index contributed by atoms with van der Waals surface area (Å²) in [7, 11) is 1.83. The number of anilines is 3. The fourth-order valence-electron chi connectivity index (χ4n) is 3.89. The Labute approximate surface area is 194 Å². The van der Waals surface area contributed by atoms with Gasteiger partial charge < -0.3 is 20.7 Å². The van der Waals surface area contributed by atoms with Crippen LogP contribution in [0.25, 0.3) is 0 Å². The number of rotatable bonds is 7. The number of aryl methyl sites for hydroxylation is 1. The van der Waals surface area contributed by atoms with Crippen molar-refractivity contribution in [3.63, 3.8) is 0 Å². The second-order valence-electron chi connectivity index (χ2n) is 8.54. The van der Waals surface area contributed by atoms with E-state index in [0.717, 1.165) is 24.1 Å². The Morgan fingerprint density at radius 1 is 1.29 bits per heavy atom. The second kappa shape index (κ2) is 8.88. The molecule has 1 fully saturated rings. The molecule has 2 atom stereocenters. The van der Waals surface area contributed by atoms with Gasteiger partial charge in [-0.25, -0.2) is 4.98 Å². The van der Waals surface area contributed by atoms with Crippen LogP contribution in [-0.4, -0.2) is 34.5 Å². The van der Waals surface area contributed by atoms with E-state index < -0.39 is 12.3 Å². The zero-order valence-corrected chi connectivity index (χ0v) is 18.9. The first-order chi connectivity index (χ1) is 16.0. The summed E-state index contributed by atoms with van der Waals surface area (Å²) < 4.78 is 41.0. The molecule has 3 aromatic rings. The Morgan fingerprint density at radius 2 is 1.97 bits per heavy atom. The number of H-pyrrole nitrogens is 1. The highest BCUT2D eigenvalue weighted by molar-refractivity contribution is 6.09. The lowest BCUT2D eigenvalue weighted by molar-refractivity contribution is -0.274. The summed E-state index contributed by atoms with van der Waals surface area (Å²) in [6, 6.07) is 8.51. The summed E-state index contributed by atoms with van der Waals surface area (Å²) in [6.07, 6.45) is -3.75. The summed E-state index contributed by atoms with van der Waals surface area (Å²) in [4.78, 5) is 19.4. The van der Waals surface area contributed by atoms with Crippen molar-refractivity contribution < 1.29 is 22.7 Å². The van der Waals surface area contributed by atoms with Crippen LogP contribution >= 0.6 is 0 Å². The van der Waals surface area contributed by atoms with Gasteiger partial charge in [0.05, 0.1) is 17.8 Å². The van der Waals surface area contributed by atoms with Crippen molar-refractivity contribution in [1.29, 1.82) is 0 Å². The predicted octanol–water partition coefficient (Wildman–Crippen LogP) is 4.61. The van der Waals surface area contributed by atoms with E-state index in [0.29, 0.717) is 52.7 Å². The van der Waals surface area contributed by atoms with Crippen LogP contribution in [0, 0.1) is 12.8 Å². The number of nitrogens with one attached hydrogen (secondary N) is 2. The Kier molecular flexibility index (Phi) is 6.11. The van der Waals surface area contributed by atoms with E-state index in [1.54, 1.807) is 13.0 Å². The number of nitrogens with zero attached hydrogens (tertiary/aromatic N) is 3. The Hall–Kier alpha value is -3.76. The molecule has 1 saturated carbocycles. The number of nitrogen functional groups attached to an aromatic ring is 1. The van der Waals surface area contributed by atoms with Crippen molar-refractivity contribution in [3.05, 3.63) is 59.2 Å². The zero-order valence-electron chi connectivity index (χ0n) is 18.9. The van der Waals surface area contributed by atoms with Gasteiger partial charge in [0.1, 0.15) is 11.6 Å². The van der Waals surface area contributed by atoms with Crippen LogP contribution in [0.1, 0.15) is 46.8 Å². The van der Waals surface area contributed by atoms with Gasteiger partial charge in [-0.1, -0.05) is 6.92 Å².